The molecule has 2 aliphatic heterocycles. The molecule has 0 aliphatic carbocycles. The first-order valence-electron chi connectivity index (χ1n) is 9.66. The molecule has 29 heavy (non-hydrogen) atoms. The maximum Gasteiger partial charge on any atom is 0.258 e. The van der Waals surface area contributed by atoms with Crippen LogP contribution in [0.3, 0.4) is 0 Å². The number of amides is 2. The lowest BCUT2D eigenvalue weighted by atomic mass is 9.92. The van der Waals surface area contributed by atoms with E-state index in [1.807, 2.05) is 4.90 Å². The predicted octanol–water partition coefficient (Wildman–Crippen LogP) is 2.72. The Morgan fingerprint density at radius 1 is 1.24 bits per heavy atom. The van der Waals surface area contributed by atoms with E-state index in [1.54, 1.807) is 24.3 Å². The summed E-state index contributed by atoms with van der Waals surface area (Å²) in [4.78, 5) is 47.2. The molecule has 1 aromatic carbocycles. The highest BCUT2D eigenvalue weighted by molar-refractivity contribution is 6.33. The average Bonchev–Trinajstić information content (AvgIpc) is 2.69. The summed E-state index contributed by atoms with van der Waals surface area (Å²) >= 11 is 6.10. The van der Waals surface area contributed by atoms with E-state index in [-0.39, 0.29) is 23.7 Å². The smallest absolute Gasteiger partial charge is 0.258 e. The second-order valence-electron chi connectivity index (χ2n) is 7.60. The molecule has 3 N–H and O–H groups in total. The number of para-hydroxylation sites is 1. The van der Waals surface area contributed by atoms with E-state index in [4.69, 9.17) is 11.6 Å². The van der Waals surface area contributed by atoms with Gasteiger partial charge in [-0.15, -0.1) is 0 Å². The standard InChI is InChI=1S/C20H22ClN5O3/c1-11-6-8-26(9-7-11)20-24-17-16(19(29)25-20)12(10-15(27)23-17)18(28)22-14-5-3-2-4-13(14)21/h2-5,11-12H,6-10H2,1H3,(H,22,28)(H2,23,24,25,27,29). The molecule has 0 saturated carbocycles. The van der Waals surface area contributed by atoms with E-state index in [2.05, 4.69) is 27.5 Å². The van der Waals surface area contributed by atoms with Gasteiger partial charge in [0.15, 0.2) is 0 Å². The Hall–Kier alpha value is -2.87. The normalized spacial score (nSPS) is 19.4. The number of fused-ring (bicyclic) bond motifs is 1. The first kappa shape index (κ1) is 19.4. The topological polar surface area (TPSA) is 107 Å². The van der Waals surface area contributed by atoms with Gasteiger partial charge in [0.05, 0.1) is 22.2 Å². The second kappa shape index (κ2) is 7.87. The monoisotopic (exact) mass is 415 g/mol. The van der Waals surface area contributed by atoms with Gasteiger partial charge in [0.25, 0.3) is 5.56 Å². The number of H-pyrrole nitrogens is 1. The zero-order valence-electron chi connectivity index (χ0n) is 16.0. The summed E-state index contributed by atoms with van der Waals surface area (Å²) in [7, 11) is 0. The predicted molar refractivity (Wildman–Crippen MR) is 112 cm³/mol. The van der Waals surface area contributed by atoms with Gasteiger partial charge >= 0.3 is 0 Å². The molecule has 0 spiro atoms. The van der Waals surface area contributed by atoms with Crippen LogP contribution in [0.2, 0.25) is 5.02 Å². The largest absolute Gasteiger partial charge is 0.342 e. The Labute approximate surface area is 172 Å². The molecule has 8 nitrogen and oxygen atoms in total. The van der Waals surface area contributed by atoms with Gasteiger partial charge in [0, 0.05) is 19.5 Å². The lowest BCUT2D eigenvalue weighted by Gasteiger charge is -2.31. The third kappa shape index (κ3) is 3.98. The summed E-state index contributed by atoms with van der Waals surface area (Å²) in [5.74, 6) is -0.560. The molecule has 1 saturated heterocycles. The fraction of sp³-hybridized carbons (Fsp3) is 0.400. The average molecular weight is 416 g/mol. The van der Waals surface area contributed by atoms with E-state index in [1.165, 1.54) is 0 Å². The van der Waals surface area contributed by atoms with E-state index in [9.17, 15) is 14.4 Å². The van der Waals surface area contributed by atoms with Crippen molar-refractivity contribution in [2.24, 2.45) is 5.92 Å². The number of aromatic amines is 1. The number of nitrogens with one attached hydrogen (secondary N) is 3. The highest BCUT2D eigenvalue weighted by atomic mass is 35.5. The molecule has 1 aromatic heterocycles. The molecule has 2 aromatic rings. The van der Waals surface area contributed by atoms with E-state index in [0.29, 0.717) is 22.6 Å². The maximum atomic E-state index is 12.9. The van der Waals surface area contributed by atoms with E-state index in [0.717, 1.165) is 25.9 Å². The fourth-order valence-electron chi connectivity index (χ4n) is 3.74. The number of nitrogens with zero attached hydrogens (tertiary/aromatic N) is 2. The third-order valence-electron chi connectivity index (χ3n) is 5.47. The van der Waals surface area contributed by atoms with Crippen LogP contribution >= 0.6 is 11.6 Å². The van der Waals surface area contributed by atoms with Crippen molar-refractivity contribution in [3.8, 4) is 0 Å². The summed E-state index contributed by atoms with van der Waals surface area (Å²) < 4.78 is 0. The van der Waals surface area contributed by atoms with E-state index < -0.39 is 17.4 Å². The number of carbonyl (C=O) groups is 2. The van der Waals surface area contributed by atoms with Crippen LogP contribution in [-0.4, -0.2) is 34.9 Å². The number of carbonyl (C=O) groups excluding carboxylic acids is 2. The van der Waals surface area contributed by atoms with Crippen LogP contribution in [0.4, 0.5) is 17.5 Å². The summed E-state index contributed by atoms with van der Waals surface area (Å²) in [5, 5.41) is 5.73. The van der Waals surface area contributed by atoms with Crippen LogP contribution in [0.5, 0.6) is 0 Å². The lowest BCUT2D eigenvalue weighted by molar-refractivity contribution is -0.123. The summed E-state index contributed by atoms with van der Waals surface area (Å²) in [6.45, 7) is 3.77. The Morgan fingerprint density at radius 2 is 1.97 bits per heavy atom. The summed E-state index contributed by atoms with van der Waals surface area (Å²) in [6.07, 6.45) is 1.89. The van der Waals surface area contributed by atoms with Gasteiger partial charge in [-0.1, -0.05) is 30.7 Å². The van der Waals surface area contributed by atoms with Crippen molar-refractivity contribution in [1.29, 1.82) is 0 Å². The minimum absolute atomic E-state index is 0.130. The number of benzene rings is 1. The zero-order chi connectivity index (χ0) is 20.5. The van der Waals surface area contributed by atoms with Crippen LogP contribution in [-0.2, 0) is 9.59 Å². The molecular weight excluding hydrogens is 394 g/mol. The summed E-state index contributed by atoms with van der Waals surface area (Å²) in [6, 6.07) is 6.80. The van der Waals surface area contributed by atoms with Crippen LogP contribution in [0, 0.1) is 5.92 Å². The first-order valence-corrected chi connectivity index (χ1v) is 10.0. The molecule has 1 atom stereocenters. The lowest BCUT2D eigenvalue weighted by Crippen LogP contribution is -2.39. The SMILES string of the molecule is CC1CCN(c2nc3c(c(=O)[nH]2)C(C(=O)Nc2ccccc2Cl)CC(=O)N3)CC1. The van der Waals surface area contributed by atoms with Gasteiger partial charge < -0.3 is 15.5 Å². The number of hydrogen-bond acceptors (Lipinski definition) is 5. The first-order chi connectivity index (χ1) is 13.9. The molecule has 0 radical (unpaired) electrons. The van der Waals surface area contributed by atoms with Gasteiger partial charge in [-0.05, 0) is 30.9 Å². The number of piperidine rings is 1. The van der Waals surface area contributed by atoms with E-state index >= 15 is 0 Å². The fourth-order valence-corrected chi connectivity index (χ4v) is 3.92. The van der Waals surface area contributed by atoms with Gasteiger partial charge in [-0.3, -0.25) is 19.4 Å². The van der Waals surface area contributed by atoms with Crippen molar-refractivity contribution in [3.63, 3.8) is 0 Å². The van der Waals surface area contributed by atoms with Crippen LogP contribution in [0.25, 0.3) is 0 Å². The molecule has 152 valence electrons. The van der Waals surface area contributed by atoms with Crippen molar-refractivity contribution in [2.75, 3.05) is 28.6 Å². The molecule has 2 amide bonds. The van der Waals surface area contributed by atoms with Crippen molar-refractivity contribution >= 4 is 40.9 Å². The maximum absolute atomic E-state index is 12.9. The number of hydrogen-bond donors (Lipinski definition) is 3. The highest BCUT2D eigenvalue weighted by Gasteiger charge is 2.35. The second-order valence-corrected chi connectivity index (χ2v) is 8.00. The van der Waals surface area contributed by atoms with Gasteiger partial charge in [0.1, 0.15) is 5.82 Å². The number of rotatable bonds is 3. The van der Waals surface area contributed by atoms with Gasteiger partial charge in [-0.25, -0.2) is 0 Å². The zero-order valence-corrected chi connectivity index (χ0v) is 16.8. The quantitative estimate of drug-likeness (QED) is 0.714. The van der Waals surface area contributed by atoms with Crippen LogP contribution < -0.4 is 21.1 Å². The molecular formula is C20H22ClN5O3. The molecule has 9 heteroatoms. The molecule has 3 heterocycles. The van der Waals surface area contributed by atoms with Crippen LogP contribution in [0.15, 0.2) is 29.1 Å². The van der Waals surface area contributed by atoms with Crippen molar-refractivity contribution < 1.29 is 9.59 Å². The number of aromatic nitrogens is 2. The van der Waals surface area contributed by atoms with Gasteiger partial charge in [0.2, 0.25) is 17.8 Å². The molecule has 1 fully saturated rings. The Morgan fingerprint density at radius 3 is 2.69 bits per heavy atom. The van der Waals surface area contributed by atoms with Crippen molar-refractivity contribution in [2.45, 2.75) is 32.1 Å². The molecule has 1 unspecified atom stereocenters. The van der Waals surface area contributed by atoms with Crippen molar-refractivity contribution in [1.82, 2.24) is 9.97 Å². The minimum atomic E-state index is -0.943. The van der Waals surface area contributed by atoms with Crippen molar-refractivity contribution in [3.05, 3.63) is 45.2 Å². The van der Waals surface area contributed by atoms with Crippen LogP contribution in [0.1, 0.15) is 37.7 Å². The number of halogens is 1. The molecule has 4 rings (SSSR count). The Balaban J connectivity index is 1.64. The molecule has 0 bridgehead atoms. The Kier molecular flexibility index (Phi) is 5.27. The number of anilines is 3. The van der Waals surface area contributed by atoms with Gasteiger partial charge in [-0.2, -0.15) is 4.98 Å². The minimum Gasteiger partial charge on any atom is -0.342 e. The molecule has 2 aliphatic rings. The third-order valence-corrected chi connectivity index (χ3v) is 5.80. The summed E-state index contributed by atoms with van der Waals surface area (Å²) in [5.41, 5.74) is 0.182. The highest BCUT2D eigenvalue weighted by Crippen LogP contribution is 2.31. The Bertz CT molecular complexity index is 1010.